The first-order valence-corrected chi connectivity index (χ1v) is 8.07. The van der Waals surface area contributed by atoms with E-state index in [1.807, 2.05) is 30.3 Å². The van der Waals surface area contributed by atoms with Crippen LogP contribution >= 0.6 is 24.0 Å². The Morgan fingerprint density at radius 3 is 2.85 bits per heavy atom. The molecule has 1 atom stereocenters. The number of aromatic nitrogens is 1. The molecular weight excluding hydrogens is 447 g/mol. The number of guanidine groups is 1. The first-order chi connectivity index (χ1) is 12.2. The van der Waals surface area contributed by atoms with Gasteiger partial charge in [0.25, 0.3) is 0 Å². The minimum atomic E-state index is 0. The van der Waals surface area contributed by atoms with E-state index in [0.717, 1.165) is 23.3 Å². The number of aliphatic imine (C=N–C) groups is 1. The highest BCUT2D eigenvalue weighted by Crippen LogP contribution is 2.31. The molecule has 1 aliphatic heterocycles. The maximum absolute atomic E-state index is 6.07. The first-order valence-electron chi connectivity index (χ1n) is 8.07. The number of nitrogens with two attached hydrogens (primary N) is 1. The van der Waals surface area contributed by atoms with Gasteiger partial charge in [0.05, 0.1) is 33.4 Å². The van der Waals surface area contributed by atoms with Crippen molar-refractivity contribution in [2.75, 3.05) is 20.8 Å². The second kappa shape index (κ2) is 9.46. The maximum atomic E-state index is 6.07. The number of nitrogens with zero attached hydrogens (tertiary/aromatic N) is 2. The van der Waals surface area contributed by atoms with Gasteiger partial charge in [-0.15, -0.1) is 24.0 Å². The molecule has 0 amide bonds. The Kier molecular flexibility index (Phi) is 7.31. The van der Waals surface area contributed by atoms with Crippen LogP contribution in [0.2, 0.25) is 0 Å². The fourth-order valence-electron chi connectivity index (χ4n) is 2.75. The molecule has 0 aliphatic carbocycles. The van der Waals surface area contributed by atoms with Gasteiger partial charge in [-0.2, -0.15) is 4.98 Å². The summed E-state index contributed by atoms with van der Waals surface area (Å²) in [5, 5.41) is 3.27. The molecule has 2 aromatic rings. The lowest BCUT2D eigenvalue weighted by atomic mass is 10.0. The van der Waals surface area contributed by atoms with Crippen LogP contribution < -0.4 is 25.3 Å². The van der Waals surface area contributed by atoms with Gasteiger partial charge in [-0.1, -0.05) is 18.2 Å². The van der Waals surface area contributed by atoms with Crippen LogP contribution in [0.4, 0.5) is 0 Å². The van der Waals surface area contributed by atoms with Gasteiger partial charge in [0.15, 0.2) is 5.96 Å². The van der Waals surface area contributed by atoms with E-state index in [1.54, 1.807) is 20.3 Å². The molecule has 7 nitrogen and oxygen atoms in total. The van der Waals surface area contributed by atoms with Crippen LogP contribution in [0, 0.1) is 0 Å². The minimum Gasteiger partial charge on any atom is -0.493 e. The van der Waals surface area contributed by atoms with Crippen molar-refractivity contribution >= 4 is 29.9 Å². The summed E-state index contributed by atoms with van der Waals surface area (Å²) >= 11 is 0. The first kappa shape index (κ1) is 20.1. The molecule has 0 radical (unpaired) electrons. The van der Waals surface area contributed by atoms with Gasteiger partial charge in [0, 0.05) is 23.6 Å². The molecule has 1 aromatic heterocycles. The predicted molar refractivity (Wildman–Crippen MR) is 111 cm³/mol. The summed E-state index contributed by atoms with van der Waals surface area (Å²) in [4.78, 5) is 8.65. The number of halogens is 1. The fourth-order valence-corrected chi connectivity index (χ4v) is 2.75. The van der Waals surface area contributed by atoms with Crippen molar-refractivity contribution in [3.8, 4) is 17.5 Å². The lowest BCUT2D eigenvalue weighted by Crippen LogP contribution is -2.37. The lowest BCUT2D eigenvalue weighted by Gasteiger charge is -2.26. The van der Waals surface area contributed by atoms with E-state index in [4.69, 9.17) is 19.9 Å². The molecule has 140 valence electrons. The van der Waals surface area contributed by atoms with E-state index in [0.29, 0.717) is 30.9 Å². The van der Waals surface area contributed by atoms with Gasteiger partial charge in [0.1, 0.15) is 5.75 Å². The second-order valence-electron chi connectivity index (χ2n) is 5.60. The van der Waals surface area contributed by atoms with Crippen LogP contribution in [-0.2, 0) is 6.54 Å². The zero-order valence-corrected chi connectivity index (χ0v) is 17.1. The minimum absolute atomic E-state index is 0. The van der Waals surface area contributed by atoms with E-state index in [2.05, 4.69) is 15.3 Å². The Hall–Kier alpha value is -2.23. The van der Waals surface area contributed by atoms with E-state index in [9.17, 15) is 0 Å². The number of nitrogens with one attached hydrogen (secondary N) is 1. The molecule has 0 saturated heterocycles. The Labute approximate surface area is 170 Å². The van der Waals surface area contributed by atoms with Crippen molar-refractivity contribution in [2.45, 2.75) is 19.0 Å². The third kappa shape index (κ3) is 4.69. The highest BCUT2D eigenvalue weighted by atomic mass is 127. The molecule has 0 bridgehead atoms. The predicted octanol–water partition coefficient (Wildman–Crippen LogP) is 2.64. The zero-order valence-electron chi connectivity index (χ0n) is 14.8. The number of pyridine rings is 1. The maximum Gasteiger partial charge on any atom is 0.221 e. The van der Waals surface area contributed by atoms with Crippen molar-refractivity contribution < 1.29 is 14.2 Å². The number of rotatable bonds is 5. The van der Waals surface area contributed by atoms with Crippen LogP contribution in [0.25, 0.3) is 0 Å². The normalized spacial score (nSPS) is 15.9. The molecule has 0 saturated carbocycles. The van der Waals surface area contributed by atoms with Gasteiger partial charge in [-0.25, -0.2) is 4.99 Å². The van der Waals surface area contributed by atoms with Crippen LogP contribution in [0.5, 0.6) is 17.5 Å². The highest BCUT2D eigenvalue weighted by molar-refractivity contribution is 14.0. The molecule has 3 rings (SSSR count). The summed E-state index contributed by atoms with van der Waals surface area (Å²) < 4.78 is 16.0. The van der Waals surface area contributed by atoms with E-state index in [1.165, 1.54) is 0 Å². The standard InChI is InChI=1S/C18H22N4O3.HI/c1-23-16-8-7-12(17(22-16)24-2)11-20-18(19)21-14-9-10-25-15-6-4-3-5-13(14)15;/h3-8,14H,9-11H2,1-2H3,(H3,19,20,21);1H. The molecule has 2 heterocycles. The lowest BCUT2D eigenvalue weighted by molar-refractivity contribution is 0.262. The summed E-state index contributed by atoms with van der Waals surface area (Å²) in [6.07, 6.45) is 0.834. The number of benzene rings is 1. The molecule has 3 N–H and O–H groups in total. The van der Waals surface area contributed by atoms with Gasteiger partial charge in [-0.05, 0) is 12.1 Å². The molecule has 0 fully saturated rings. The average molecular weight is 470 g/mol. The van der Waals surface area contributed by atoms with Crippen molar-refractivity contribution in [3.05, 3.63) is 47.5 Å². The number of hydrogen-bond acceptors (Lipinski definition) is 5. The molecule has 1 aliphatic rings. The van der Waals surface area contributed by atoms with Gasteiger partial charge >= 0.3 is 0 Å². The van der Waals surface area contributed by atoms with Gasteiger partial charge in [-0.3, -0.25) is 0 Å². The molecule has 1 aromatic carbocycles. The summed E-state index contributed by atoms with van der Waals surface area (Å²) in [6, 6.07) is 11.7. The Morgan fingerprint density at radius 1 is 1.27 bits per heavy atom. The number of methoxy groups -OCH3 is 2. The van der Waals surface area contributed by atoms with Crippen molar-refractivity contribution in [1.29, 1.82) is 0 Å². The summed E-state index contributed by atoms with van der Waals surface area (Å²) in [5.41, 5.74) is 8.00. The van der Waals surface area contributed by atoms with Crippen LogP contribution in [0.15, 0.2) is 41.4 Å². The molecule has 26 heavy (non-hydrogen) atoms. The van der Waals surface area contributed by atoms with E-state index in [-0.39, 0.29) is 30.0 Å². The SMILES string of the molecule is COc1ccc(CN=C(N)NC2CCOc3ccccc32)c(OC)n1.I. The Balaban J connectivity index is 0.00000243. The quantitative estimate of drug-likeness (QED) is 0.397. The summed E-state index contributed by atoms with van der Waals surface area (Å²) in [6.45, 7) is 1.02. The summed E-state index contributed by atoms with van der Waals surface area (Å²) in [7, 11) is 3.13. The van der Waals surface area contributed by atoms with Gasteiger partial charge in [0.2, 0.25) is 11.8 Å². The number of ether oxygens (including phenoxy) is 3. The number of fused-ring (bicyclic) bond motifs is 1. The third-order valence-electron chi connectivity index (χ3n) is 4.02. The van der Waals surface area contributed by atoms with E-state index >= 15 is 0 Å². The van der Waals surface area contributed by atoms with Gasteiger partial charge < -0.3 is 25.3 Å². The topological polar surface area (TPSA) is 91.0 Å². The number of hydrogen-bond donors (Lipinski definition) is 2. The zero-order chi connectivity index (χ0) is 17.6. The monoisotopic (exact) mass is 470 g/mol. The molecule has 1 unspecified atom stereocenters. The highest BCUT2D eigenvalue weighted by Gasteiger charge is 2.21. The van der Waals surface area contributed by atoms with Crippen molar-refractivity contribution in [2.24, 2.45) is 10.7 Å². The molecular formula is C18H23IN4O3. The van der Waals surface area contributed by atoms with Crippen molar-refractivity contribution in [3.63, 3.8) is 0 Å². The Morgan fingerprint density at radius 2 is 2.08 bits per heavy atom. The largest absolute Gasteiger partial charge is 0.493 e. The third-order valence-corrected chi connectivity index (χ3v) is 4.02. The average Bonchev–Trinajstić information content (AvgIpc) is 2.66. The summed E-state index contributed by atoms with van der Waals surface area (Å²) in [5.74, 6) is 2.24. The van der Waals surface area contributed by atoms with Crippen LogP contribution in [0.1, 0.15) is 23.6 Å². The van der Waals surface area contributed by atoms with Crippen LogP contribution in [0.3, 0.4) is 0 Å². The van der Waals surface area contributed by atoms with E-state index < -0.39 is 0 Å². The molecule has 8 heteroatoms. The smallest absolute Gasteiger partial charge is 0.221 e. The molecule has 0 spiro atoms. The Bertz CT molecular complexity index is 770. The number of para-hydroxylation sites is 1. The second-order valence-corrected chi connectivity index (χ2v) is 5.60. The van der Waals surface area contributed by atoms with Crippen LogP contribution in [-0.4, -0.2) is 31.8 Å². The fraction of sp³-hybridized carbons (Fsp3) is 0.333. The van der Waals surface area contributed by atoms with Crippen molar-refractivity contribution in [1.82, 2.24) is 10.3 Å².